The Morgan fingerprint density at radius 2 is 1.67 bits per heavy atom. The number of carbonyl (C=O) groups is 2. The number of benzene rings is 2. The van der Waals surface area contributed by atoms with Crippen molar-refractivity contribution in [3.05, 3.63) is 64.9 Å². The molecule has 0 aliphatic carbocycles. The molecule has 2 aromatic rings. The predicted molar refractivity (Wildman–Crippen MR) is 129 cm³/mol. The molecule has 2 unspecified atom stereocenters. The number of morpholine rings is 1. The molecule has 2 heterocycles. The maximum absolute atomic E-state index is 13.9. The van der Waals surface area contributed by atoms with Gasteiger partial charge in [-0.3, -0.25) is 9.59 Å². The van der Waals surface area contributed by atoms with Crippen molar-refractivity contribution in [2.24, 2.45) is 0 Å². The fraction of sp³-hybridized carbons (Fsp3) is 0.407. The smallest absolute Gasteiger partial charge is 0.282 e. The molecular formula is C27H32N2O4. The lowest BCUT2D eigenvalue weighted by molar-refractivity contribution is -0.121. The highest BCUT2D eigenvalue weighted by molar-refractivity contribution is 6.45. The van der Waals surface area contributed by atoms with Gasteiger partial charge in [0.25, 0.3) is 11.8 Å². The van der Waals surface area contributed by atoms with Gasteiger partial charge in [0.1, 0.15) is 11.4 Å². The van der Waals surface area contributed by atoms with Crippen LogP contribution in [0.4, 0.5) is 5.69 Å². The minimum absolute atomic E-state index is 0.0422. The number of rotatable bonds is 6. The van der Waals surface area contributed by atoms with Crippen LogP contribution in [0, 0.1) is 13.8 Å². The molecule has 0 N–H and O–H groups in total. The van der Waals surface area contributed by atoms with Gasteiger partial charge in [0.2, 0.25) is 0 Å². The maximum atomic E-state index is 13.9. The molecule has 4 rings (SSSR count). The van der Waals surface area contributed by atoms with Crippen molar-refractivity contribution in [2.45, 2.75) is 53.2 Å². The van der Waals surface area contributed by atoms with Crippen molar-refractivity contribution in [1.82, 2.24) is 4.90 Å². The lowest BCUT2D eigenvalue weighted by atomic mass is 9.99. The molecular weight excluding hydrogens is 416 g/mol. The number of ether oxygens (including phenoxy) is 2. The van der Waals surface area contributed by atoms with Gasteiger partial charge in [-0.1, -0.05) is 37.3 Å². The summed E-state index contributed by atoms with van der Waals surface area (Å²) < 4.78 is 11.8. The van der Waals surface area contributed by atoms with Crippen LogP contribution in [0.15, 0.2) is 48.2 Å². The zero-order valence-corrected chi connectivity index (χ0v) is 20.1. The van der Waals surface area contributed by atoms with Crippen LogP contribution in [-0.4, -0.2) is 48.6 Å². The average molecular weight is 449 g/mol. The Bertz CT molecular complexity index is 1100. The summed E-state index contributed by atoms with van der Waals surface area (Å²) in [6.45, 7) is 11.7. The van der Waals surface area contributed by atoms with Gasteiger partial charge in [-0.05, 0) is 62.9 Å². The van der Waals surface area contributed by atoms with Gasteiger partial charge in [0.15, 0.2) is 0 Å². The topological polar surface area (TPSA) is 59.1 Å². The summed E-state index contributed by atoms with van der Waals surface area (Å²) in [6.07, 6.45) is 0.746. The molecule has 2 amide bonds. The number of hydrogen-bond acceptors (Lipinski definition) is 5. The van der Waals surface area contributed by atoms with Crippen molar-refractivity contribution in [1.29, 1.82) is 0 Å². The lowest BCUT2D eigenvalue weighted by Gasteiger charge is -2.37. The maximum Gasteiger partial charge on any atom is 0.282 e. The average Bonchev–Trinajstić information content (AvgIpc) is 3.03. The summed E-state index contributed by atoms with van der Waals surface area (Å²) in [5.41, 5.74) is 4.33. The van der Waals surface area contributed by atoms with Gasteiger partial charge < -0.3 is 14.4 Å². The molecule has 1 saturated heterocycles. The predicted octanol–water partition coefficient (Wildman–Crippen LogP) is 4.49. The van der Waals surface area contributed by atoms with E-state index in [2.05, 4.69) is 0 Å². The fourth-order valence-corrected chi connectivity index (χ4v) is 4.52. The molecule has 6 heteroatoms. The summed E-state index contributed by atoms with van der Waals surface area (Å²) in [5, 5.41) is 0. The quantitative estimate of drug-likeness (QED) is 0.610. The van der Waals surface area contributed by atoms with Gasteiger partial charge in [-0.25, -0.2) is 4.90 Å². The highest BCUT2D eigenvalue weighted by atomic mass is 16.5. The van der Waals surface area contributed by atoms with E-state index in [0.717, 1.165) is 23.1 Å². The SMILES string of the molecule is CCCOc1ccccc1N1C(=O)C(c2ccc(C)c(C)c2)=C(N2CC(C)OC(C)C2)C1=O. The first kappa shape index (κ1) is 23.1. The fourth-order valence-electron chi connectivity index (χ4n) is 4.52. The van der Waals surface area contributed by atoms with Crippen LogP contribution < -0.4 is 9.64 Å². The Hall–Kier alpha value is -3.12. The van der Waals surface area contributed by atoms with E-state index in [-0.39, 0.29) is 24.0 Å². The molecule has 2 atom stereocenters. The van der Waals surface area contributed by atoms with Crippen LogP contribution >= 0.6 is 0 Å². The number of imide groups is 1. The first-order chi connectivity index (χ1) is 15.8. The van der Waals surface area contributed by atoms with Crippen molar-refractivity contribution in [2.75, 3.05) is 24.6 Å². The molecule has 2 aliphatic rings. The van der Waals surface area contributed by atoms with Crippen molar-refractivity contribution in [3.8, 4) is 5.75 Å². The Labute approximate surface area is 195 Å². The third-order valence-electron chi connectivity index (χ3n) is 6.16. The molecule has 1 fully saturated rings. The third kappa shape index (κ3) is 4.40. The van der Waals surface area contributed by atoms with Crippen LogP contribution in [0.3, 0.4) is 0 Å². The van der Waals surface area contributed by atoms with E-state index in [1.807, 2.05) is 69.9 Å². The Morgan fingerprint density at radius 1 is 0.970 bits per heavy atom. The minimum atomic E-state index is -0.322. The summed E-state index contributed by atoms with van der Waals surface area (Å²) >= 11 is 0. The second-order valence-electron chi connectivity index (χ2n) is 8.95. The Morgan fingerprint density at radius 3 is 2.33 bits per heavy atom. The Kier molecular flexibility index (Phi) is 6.56. The van der Waals surface area contributed by atoms with Gasteiger partial charge in [0.05, 0.1) is 30.1 Å². The highest BCUT2D eigenvalue weighted by Gasteiger charge is 2.44. The number of hydrogen-bond donors (Lipinski definition) is 0. The van der Waals surface area contributed by atoms with Gasteiger partial charge in [-0.2, -0.15) is 0 Å². The zero-order valence-electron chi connectivity index (χ0n) is 20.1. The number of amides is 2. The molecule has 0 spiro atoms. The van der Waals surface area contributed by atoms with Crippen LogP contribution in [0.2, 0.25) is 0 Å². The van der Waals surface area contributed by atoms with E-state index in [0.29, 0.717) is 42.4 Å². The van der Waals surface area contributed by atoms with E-state index >= 15 is 0 Å². The second kappa shape index (κ2) is 9.40. The standard InChI is InChI=1S/C27H32N2O4/c1-6-13-32-23-10-8-7-9-22(23)29-26(30)24(21-12-11-17(2)18(3)14-21)25(27(29)31)28-15-19(4)33-20(5)16-28/h7-12,14,19-20H,6,13,15-16H2,1-5H3. The number of aryl methyl sites for hydroxylation is 2. The Balaban J connectivity index is 1.84. The van der Waals surface area contributed by atoms with Crippen molar-refractivity contribution >= 4 is 23.1 Å². The summed E-state index contributed by atoms with van der Waals surface area (Å²) in [7, 11) is 0. The number of nitrogens with zero attached hydrogens (tertiary/aromatic N) is 2. The zero-order chi connectivity index (χ0) is 23.7. The van der Waals surface area contributed by atoms with Gasteiger partial charge in [-0.15, -0.1) is 0 Å². The number of anilines is 1. The summed E-state index contributed by atoms with van der Waals surface area (Å²) in [6, 6.07) is 13.2. The summed E-state index contributed by atoms with van der Waals surface area (Å²) in [5.74, 6) is -0.106. The van der Waals surface area contributed by atoms with Crippen LogP contribution in [0.25, 0.3) is 5.57 Å². The molecule has 2 aromatic carbocycles. The molecule has 6 nitrogen and oxygen atoms in total. The monoisotopic (exact) mass is 448 g/mol. The molecule has 33 heavy (non-hydrogen) atoms. The highest BCUT2D eigenvalue weighted by Crippen LogP contribution is 2.39. The van der Waals surface area contributed by atoms with E-state index in [1.165, 1.54) is 4.90 Å². The molecule has 2 aliphatic heterocycles. The molecule has 0 radical (unpaired) electrons. The van der Waals surface area contributed by atoms with Crippen LogP contribution in [0.5, 0.6) is 5.75 Å². The number of carbonyl (C=O) groups excluding carboxylic acids is 2. The molecule has 0 aromatic heterocycles. The molecule has 0 saturated carbocycles. The first-order valence-electron chi connectivity index (χ1n) is 11.6. The van der Waals surface area contributed by atoms with E-state index in [4.69, 9.17) is 9.47 Å². The number of para-hydroxylation sites is 2. The van der Waals surface area contributed by atoms with Crippen molar-refractivity contribution in [3.63, 3.8) is 0 Å². The van der Waals surface area contributed by atoms with Crippen LogP contribution in [-0.2, 0) is 14.3 Å². The lowest BCUT2D eigenvalue weighted by Crippen LogP contribution is -2.47. The normalized spacial score (nSPS) is 21.2. The van der Waals surface area contributed by atoms with Crippen LogP contribution in [0.1, 0.15) is 43.9 Å². The summed E-state index contributed by atoms with van der Waals surface area (Å²) in [4.78, 5) is 31.1. The van der Waals surface area contributed by atoms with Gasteiger partial charge >= 0.3 is 0 Å². The largest absolute Gasteiger partial charge is 0.491 e. The molecule has 0 bridgehead atoms. The molecule has 174 valence electrons. The van der Waals surface area contributed by atoms with E-state index < -0.39 is 0 Å². The first-order valence-corrected chi connectivity index (χ1v) is 11.6. The van der Waals surface area contributed by atoms with Gasteiger partial charge in [0, 0.05) is 13.1 Å². The van der Waals surface area contributed by atoms with Crippen molar-refractivity contribution < 1.29 is 19.1 Å². The third-order valence-corrected chi connectivity index (χ3v) is 6.16. The second-order valence-corrected chi connectivity index (χ2v) is 8.95. The van der Waals surface area contributed by atoms with E-state index in [1.54, 1.807) is 12.1 Å². The minimum Gasteiger partial charge on any atom is -0.491 e. The van der Waals surface area contributed by atoms with E-state index in [9.17, 15) is 9.59 Å².